The smallest absolute Gasteiger partial charge is 0.0528 e. The molecule has 19 heavy (non-hydrogen) atoms. The van der Waals surface area contributed by atoms with Crippen molar-refractivity contribution in [3.8, 4) is 5.69 Å². The zero-order valence-corrected chi connectivity index (χ0v) is 11.6. The van der Waals surface area contributed by atoms with E-state index < -0.39 is 0 Å². The standard InChI is InChI=1S/C16H16N2.ClH/c1-12(17)13-7-8-16-14(11-13)9-10-18(16)15-5-3-2-4-6-15;/h2-12H,17H2,1H3;1H. The molecule has 98 valence electrons. The highest BCUT2D eigenvalue weighted by Crippen LogP contribution is 2.23. The fraction of sp³-hybridized carbons (Fsp3) is 0.125. The number of nitrogens with zero attached hydrogens (tertiary/aromatic N) is 1. The third-order valence-corrected chi connectivity index (χ3v) is 3.27. The Morgan fingerprint density at radius 3 is 2.42 bits per heavy atom. The van der Waals surface area contributed by atoms with E-state index in [1.807, 2.05) is 13.0 Å². The summed E-state index contributed by atoms with van der Waals surface area (Å²) in [4.78, 5) is 0. The molecule has 2 N–H and O–H groups in total. The lowest BCUT2D eigenvalue weighted by Crippen LogP contribution is -2.04. The highest BCUT2D eigenvalue weighted by Gasteiger charge is 2.05. The molecule has 0 fully saturated rings. The van der Waals surface area contributed by atoms with Crippen LogP contribution >= 0.6 is 12.4 Å². The summed E-state index contributed by atoms with van der Waals surface area (Å²) in [6, 6.07) is 19.0. The molecule has 0 aliphatic heterocycles. The van der Waals surface area contributed by atoms with E-state index >= 15 is 0 Å². The lowest BCUT2D eigenvalue weighted by atomic mass is 10.1. The third kappa shape index (κ3) is 2.50. The van der Waals surface area contributed by atoms with E-state index in [1.54, 1.807) is 0 Å². The highest BCUT2D eigenvalue weighted by molar-refractivity contribution is 5.85. The van der Waals surface area contributed by atoms with Gasteiger partial charge in [-0.25, -0.2) is 0 Å². The fourth-order valence-corrected chi connectivity index (χ4v) is 2.26. The molecule has 0 aliphatic rings. The van der Waals surface area contributed by atoms with Gasteiger partial charge in [0.15, 0.2) is 0 Å². The van der Waals surface area contributed by atoms with Crippen LogP contribution in [0.15, 0.2) is 60.8 Å². The van der Waals surface area contributed by atoms with Crippen molar-refractivity contribution >= 4 is 23.3 Å². The number of hydrogen-bond acceptors (Lipinski definition) is 1. The van der Waals surface area contributed by atoms with E-state index in [9.17, 15) is 0 Å². The predicted octanol–water partition coefficient (Wildman–Crippen LogP) is 4.07. The molecule has 1 atom stereocenters. The van der Waals surface area contributed by atoms with Gasteiger partial charge in [0.2, 0.25) is 0 Å². The van der Waals surface area contributed by atoms with Crippen LogP contribution in [0, 0.1) is 0 Å². The summed E-state index contributed by atoms with van der Waals surface area (Å²) < 4.78 is 2.19. The van der Waals surface area contributed by atoms with E-state index in [1.165, 1.54) is 22.2 Å². The molecule has 0 spiro atoms. The van der Waals surface area contributed by atoms with Gasteiger partial charge in [-0.15, -0.1) is 12.4 Å². The molecule has 0 saturated carbocycles. The Kier molecular flexibility index (Phi) is 3.93. The molecule has 0 aliphatic carbocycles. The average Bonchev–Trinajstić information content (AvgIpc) is 2.82. The van der Waals surface area contributed by atoms with Gasteiger partial charge in [0, 0.05) is 23.3 Å². The maximum Gasteiger partial charge on any atom is 0.0528 e. The van der Waals surface area contributed by atoms with Gasteiger partial charge in [-0.3, -0.25) is 0 Å². The van der Waals surface area contributed by atoms with Crippen LogP contribution in [-0.2, 0) is 0 Å². The van der Waals surface area contributed by atoms with Gasteiger partial charge in [0.05, 0.1) is 5.52 Å². The lowest BCUT2D eigenvalue weighted by Gasteiger charge is -2.08. The maximum atomic E-state index is 5.92. The van der Waals surface area contributed by atoms with Crippen molar-refractivity contribution in [2.75, 3.05) is 0 Å². The van der Waals surface area contributed by atoms with Crippen molar-refractivity contribution in [3.05, 3.63) is 66.4 Å². The second-order valence-electron chi connectivity index (χ2n) is 4.63. The number of halogens is 1. The first-order valence-corrected chi connectivity index (χ1v) is 6.18. The third-order valence-electron chi connectivity index (χ3n) is 3.27. The molecule has 1 unspecified atom stereocenters. The average molecular weight is 273 g/mol. The maximum absolute atomic E-state index is 5.92. The van der Waals surface area contributed by atoms with E-state index in [0.717, 1.165) is 0 Å². The second kappa shape index (κ2) is 5.47. The minimum Gasteiger partial charge on any atom is -0.324 e. The predicted molar refractivity (Wildman–Crippen MR) is 83.1 cm³/mol. The molecule has 3 heteroatoms. The van der Waals surface area contributed by atoms with Crippen LogP contribution in [0.4, 0.5) is 0 Å². The number of fused-ring (bicyclic) bond motifs is 1. The molecule has 1 heterocycles. The van der Waals surface area contributed by atoms with Crippen molar-refractivity contribution in [3.63, 3.8) is 0 Å². The monoisotopic (exact) mass is 272 g/mol. The Bertz CT molecular complexity index is 672. The van der Waals surface area contributed by atoms with Crippen LogP contribution in [0.25, 0.3) is 16.6 Å². The summed E-state index contributed by atoms with van der Waals surface area (Å²) in [5, 5.41) is 1.23. The highest BCUT2D eigenvalue weighted by atomic mass is 35.5. The Morgan fingerprint density at radius 1 is 1.00 bits per heavy atom. The topological polar surface area (TPSA) is 30.9 Å². The van der Waals surface area contributed by atoms with E-state index in [0.29, 0.717) is 0 Å². The lowest BCUT2D eigenvalue weighted by molar-refractivity contribution is 0.820. The quantitative estimate of drug-likeness (QED) is 0.749. The second-order valence-corrected chi connectivity index (χ2v) is 4.63. The van der Waals surface area contributed by atoms with Gasteiger partial charge in [0.25, 0.3) is 0 Å². The van der Waals surface area contributed by atoms with Gasteiger partial charge in [-0.05, 0) is 42.8 Å². The van der Waals surface area contributed by atoms with Crippen LogP contribution < -0.4 is 5.73 Å². The number of nitrogens with two attached hydrogens (primary N) is 1. The van der Waals surface area contributed by atoms with Crippen molar-refractivity contribution in [1.29, 1.82) is 0 Å². The summed E-state index contributed by atoms with van der Waals surface area (Å²) in [6.07, 6.45) is 2.10. The first-order valence-electron chi connectivity index (χ1n) is 6.18. The molecule has 0 amide bonds. The van der Waals surface area contributed by atoms with Gasteiger partial charge >= 0.3 is 0 Å². The first-order chi connectivity index (χ1) is 8.75. The van der Waals surface area contributed by atoms with Crippen LogP contribution in [0.1, 0.15) is 18.5 Å². The molecular formula is C16H17ClN2. The van der Waals surface area contributed by atoms with E-state index in [2.05, 4.69) is 59.3 Å². The number of para-hydroxylation sites is 1. The molecule has 2 aromatic carbocycles. The minimum atomic E-state index is 0. The number of aromatic nitrogens is 1. The largest absolute Gasteiger partial charge is 0.324 e. The van der Waals surface area contributed by atoms with E-state index in [4.69, 9.17) is 5.73 Å². The van der Waals surface area contributed by atoms with Gasteiger partial charge in [0.1, 0.15) is 0 Å². The molecule has 3 aromatic rings. The molecule has 2 nitrogen and oxygen atoms in total. The molecule has 0 radical (unpaired) electrons. The van der Waals surface area contributed by atoms with Crippen molar-refractivity contribution in [2.45, 2.75) is 13.0 Å². The van der Waals surface area contributed by atoms with Crippen LogP contribution in [0.5, 0.6) is 0 Å². The Labute approximate surface area is 119 Å². The van der Waals surface area contributed by atoms with Gasteiger partial charge in [-0.2, -0.15) is 0 Å². The van der Waals surface area contributed by atoms with Crippen molar-refractivity contribution < 1.29 is 0 Å². The molecule has 0 saturated heterocycles. The van der Waals surface area contributed by atoms with Gasteiger partial charge in [-0.1, -0.05) is 24.3 Å². The minimum absolute atomic E-state index is 0. The molecule has 0 bridgehead atoms. The summed E-state index contributed by atoms with van der Waals surface area (Å²) in [6.45, 7) is 2.01. The normalized spacial score (nSPS) is 12.1. The van der Waals surface area contributed by atoms with Crippen LogP contribution in [-0.4, -0.2) is 4.57 Å². The van der Waals surface area contributed by atoms with Crippen LogP contribution in [0.2, 0.25) is 0 Å². The van der Waals surface area contributed by atoms with Crippen molar-refractivity contribution in [1.82, 2.24) is 4.57 Å². The zero-order chi connectivity index (χ0) is 12.5. The Hall–Kier alpha value is -1.77. The summed E-state index contributed by atoms with van der Waals surface area (Å²) in [7, 11) is 0. The summed E-state index contributed by atoms with van der Waals surface area (Å²) >= 11 is 0. The molecule has 1 aromatic heterocycles. The number of hydrogen-bond donors (Lipinski definition) is 1. The SMILES string of the molecule is CC(N)c1ccc2c(ccn2-c2ccccc2)c1.Cl. The zero-order valence-electron chi connectivity index (χ0n) is 10.8. The number of benzene rings is 2. The van der Waals surface area contributed by atoms with Crippen molar-refractivity contribution in [2.24, 2.45) is 5.73 Å². The van der Waals surface area contributed by atoms with Crippen LogP contribution in [0.3, 0.4) is 0 Å². The van der Waals surface area contributed by atoms with E-state index in [-0.39, 0.29) is 18.4 Å². The first kappa shape index (κ1) is 13.7. The summed E-state index contributed by atoms with van der Waals surface area (Å²) in [5.41, 5.74) is 9.49. The Morgan fingerprint density at radius 2 is 1.74 bits per heavy atom. The molecular weight excluding hydrogens is 256 g/mol. The Balaban J connectivity index is 0.00000133. The fourth-order valence-electron chi connectivity index (χ4n) is 2.26. The molecule has 3 rings (SSSR count). The van der Waals surface area contributed by atoms with Gasteiger partial charge < -0.3 is 10.3 Å². The number of rotatable bonds is 2. The summed E-state index contributed by atoms with van der Waals surface area (Å²) in [5.74, 6) is 0.